The second kappa shape index (κ2) is 30.3. The summed E-state index contributed by atoms with van der Waals surface area (Å²) in [6, 6.07) is 22.2. The number of methoxy groups -OCH3 is 2. The van der Waals surface area contributed by atoms with Gasteiger partial charge in [-0.3, -0.25) is 23.7 Å². The summed E-state index contributed by atoms with van der Waals surface area (Å²) in [4.78, 5) is 63.2. The second-order valence-electron chi connectivity index (χ2n) is 23.6. The fraction of sp³-hybridized carbons (Fsp3) is 0.578. The van der Waals surface area contributed by atoms with E-state index in [9.17, 15) is 24.0 Å². The molecule has 4 aromatic rings. The number of carbonyl (C=O) groups excluding carboxylic acids is 5. The van der Waals surface area contributed by atoms with Gasteiger partial charge in [0.2, 0.25) is 0 Å². The van der Waals surface area contributed by atoms with Gasteiger partial charge in [0.05, 0.1) is 32.2 Å². The van der Waals surface area contributed by atoms with Crippen molar-refractivity contribution in [2.24, 2.45) is 23.5 Å². The molecule has 0 bridgehead atoms. The minimum atomic E-state index is -0.511. The molecule has 4 aliphatic rings. The zero-order valence-corrected chi connectivity index (χ0v) is 48.7. The number of aldehydes is 1. The summed E-state index contributed by atoms with van der Waals surface area (Å²) in [6.07, 6.45) is 25.9. The Balaban J connectivity index is 0.000000249. The van der Waals surface area contributed by atoms with Crippen molar-refractivity contribution in [1.82, 2.24) is 29.4 Å². The van der Waals surface area contributed by atoms with Gasteiger partial charge < -0.3 is 34.5 Å². The molecular weight excluding hydrogens is 1010 g/mol. The highest BCUT2D eigenvalue weighted by Crippen LogP contribution is 2.48. The molecule has 16 heteroatoms. The van der Waals surface area contributed by atoms with Crippen molar-refractivity contribution in [3.63, 3.8) is 0 Å². The Hall–Kier alpha value is -6.55. The van der Waals surface area contributed by atoms with Crippen LogP contribution < -0.4 is 5.73 Å². The van der Waals surface area contributed by atoms with Gasteiger partial charge in [0.25, 0.3) is 0 Å². The van der Waals surface area contributed by atoms with Crippen LogP contribution in [0.2, 0.25) is 0 Å². The van der Waals surface area contributed by atoms with Crippen molar-refractivity contribution in [2.75, 3.05) is 14.2 Å². The summed E-state index contributed by atoms with van der Waals surface area (Å²) < 4.78 is 23.8. The third-order valence-electron chi connectivity index (χ3n) is 15.2. The molecule has 4 atom stereocenters. The van der Waals surface area contributed by atoms with Crippen molar-refractivity contribution in [2.45, 2.75) is 207 Å². The standard InChI is InChI=1S/C32H45N3O4.C24H36N2O2.C7H8N2O3.CH4/c1-6-26(18-24-10-8-7-9-11-24)28-19-29(28)35(31(37)39-32(2,3)4)27-16-14-23(15-17-27)12-13-25-20-33-34(21-25)22-30(36)38-5;1-5-18(15-17-9-7-6-8-10-17)21-16-22(21)26(23(27)28-24(2,3)4)20-13-11-19(25)12-14-20;1-12-7(11)4-9-3-6(5-10)2-8-9;/h7-11,18,20-21,23,27-29H,6,12-17,19,22H2,1-5H3;6-10,15,19-22H,5,11-14,16,25H2,1-4H3;2-3,5H,4H2,1H3;1H4/b26-18+;18-15+;;/t23?,27?,28-,29+;19?,20?,21-,22+;;/m00../s1. The van der Waals surface area contributed by atoms with Crippen molar-refractivity contribution >= 4 is 42.6 Å². The fourth-order valence-corrected chi connectivity index (χ4v) is 11.0. The van der Waals surface area contributed by atoms with Gasteiger partial charge in [0, 0.05) is 54.4 Å². The Morgan fingerprint density at radius 1 is 0.625 bits per heavy atom. The van der Waals surface area contributed by atoms with Crippen LogP contribution in [0.15, 0.2) is 96.6 Å². The van der Waals surface area contributed by atoms with Gasteiger partial charge in [0.1, 0.15) is 24.3 Å². The van der Waals surface area contributed by atoms with E-state index in [1.54, 1.807) is 4.68 Å². The lowest BCUT2D eigenvalue weighted by molar-refractivity contribution is -0.142. The molecule has 2 aromatic carbocycles. The molecular formula is C64H93N7O9. The second-order valence-corrected chi connectivity index (χ2v) is 23.6. The number of nitrogens with two attached hydrogens (primary N) is 1. The van der Waals surface area contributed by atoms with E-state index in [0.717, 1.165) is 95.5 Å². The number of nitrogens with zero attached hydrogens (tertiary/aromatic N) is 6. The highest BCUT2D eigenvalue weighted by Gasteiger charge is 2.50. The zero-order chi connectivity index (χ0) is 57.3. The Labute approximate surface area is 476 Å². The van der Waals surface area contributed by atoms with Gasteiger partial charge in [-0.15, -0.1) is 0 Å². The van der Waals surface area contributed by atoms with Gasteiger partial charge >= 0.3 is 24.1 Å². The third-order valence-corrected chi connectivity index (χ3v) is 15.2. The van der Waals surface area contributed by atoms with E-state index in [2.05, 4.69) is 99.3 Å². The molecule has 8 rings (SSSR count). The summed E-state index contributed by atoms with van der Waals surface area (Å²) in [5.41, 5.74) is 12.0. The van der Waals surface area contributed by atoms with E-state index in [1.807, 2.05) is 66.1 Å². The maximum Gasteiger partial charge on any atom is 0.410 e. The Bertz CT molecular complexity index is 2630. The highest BCUT2D eigenvalue weighted by atomic mass is 16.6. The van der Waals surface area contributed by atoms with Crippen LogP contribution in [-0.2, 0) is 48.0 Å². The zero-order valence-electron chi connectivity index (χ0n) is 48.7. The van der Waals surface area contributed by atoms with Crippen molar-refractivity contribution < 1.29 is 42.9 Å². The maximum atomic E-state index is 13.5. The van der Waals surface area contributed by atoms with Crippen LogP contribution in [0.1, 0.15) is 173 Å². The molecule has 4 fully saturated rings. The lowest BCUT2D eigenvalue weighted by Gasteiger charge is -2.38. The van der Waals surface area contributed by atoms with Crippen molar-refractivity contribution in [1.29, 1.82) is 0 Å². The van der Waals surface area contributed by atoms with Crippen LogP contribution in [0.25, 0.3) is 12.2 Å². The number of ether oxygens (including phenoxy) is 4. The SMILES string of the molecule is C.CC/C(=C\c1ccccc1)[C@@H]1C[C@H]1N(C(=O)OC(C)(C)C)C1CCC(CCc2cnn(CC(=O)OC)c2)CC1.CC/C(=C\c1ccccc1)[C@@H]1C[C@H]1N(C(=O)OC(C)(C)C)C1CCC(N)CC1.COC(=O)Cn1cc(C=O)cn1. The summed E-state index contributed by atoms with van der Waals surface area (Å²) in [5.74, 6) is 0.785. The molecule has 80 heavy (non-hydrogen) atoms. The average Bonchev–Trinajstić information content (AvgIpc) is 4.28. The summed E-state index contributed by atoms with van der Waals surface area (Å²) >= 11 is 0. The highest BCUT2D eigenvalue weighted by molar-refractivity contribution is 5.74. The molecule has 2 aromatic heterocycles. The first-order valence-corrected chi connectivity index (χ1v) is 28.6. The lowest BCUT2D eigenvalue weighted by atomic mass is 9.82. The Morgan fingerprint density at radius 3 is 1.45 bits per heavy atom. The fourth-order valence-electron chi connectivity index (χ4n) is 11.0. The number of benzene rings is 2. The third kappa shape index (κ3) is 20.2. The molecule has 0 radical (unpaired) electrons. The van der Waals surface area contributed by atoms with Gasteiger partial charge in [0.15, 0.2) is 6.29 Å². The molecule has 4 saturated carbocycles. The molecule has 0 unspecified atom stereocenters. The van der Waals surface area contributed by atoms with Crippen molar-refractivity contribution in [3.05, 3.63) is 119 Å². The number of carbonyl (C=O) groups is 5. The molecule has 0 aliphatic heterocycles. The minimum Gasteiger partial charge on any atom is -0.468 e. The topological polar surface area (TPSA) is 190 Å². The molecule has 0 saturated heterocycles. The molecule has 2 heterocycles. The van der Waals surface area contributed by atoms with E-state index in [4.69, 9.17) is 19.9 Å². The number of amides is 2. The molecule has 438 valence electrons. The summed E-state index contributed by atoms with van der Waals surface area (Å²) in [7, 11) is 2.69. The summed E-state index contributed by atoms with van der Waals surface area (Å²) in [6.45, 7) is 16.3. The minimum absolute atomic E-state index is 0. The molecule has 4 aliphatic carbocycles. The maximum absolute atomic E-state index is 13.5. The quantitative estimate of drug-likeness (QED) is 0.0564. The smallest absolute Gasteiger partial charge is 0.410 e. The van der Waals surface area contributed by atoms with Crippen LogP contribution in [0, 0.1) is 17.8 Å². The predicted molar refractivity (Wildman–Crippen MR) is 314 cm³/mol. The van der Waals surface area contributed by atoms with E-state index in [-0.39, 0.29) is 68.9 Å². The van der Waals surface area contributed by atoms with E-state index >= 15 is 0 Å². The lowest BCUT2D eigenvalue weighted by Crippen LogP contribution is -2.48. The van der Waals surface area contributed by atoms with Crippen LogP contribution in [0.3, 0.4) is 0 Å². The number of aromatic nitrogens is 4. The van der Waals surface area contributed by atoms with Crippen LogP contribution in [0.5, 0.6) is 0 Å². The van der Waals surface area contributed by atoms with Crippen LogP contribution >= 0.6 is 0 Å². The molecule has 2 amide bonds. The summed E-state index contributed by atoms with van der Waals surface area (Å²) in [5, 5.41) is 8.05. The molecule has 16 nitrogen and oxygen atoms in total. The van der Waals surface area contributed by atoms with Gasteiger partial charge in [-0.25, -0.2) is 9.59 Å². The van der Waals surface area contributed by atoms with Crippen LogP contribution in [-0.4, -0.2) is 115 Å². The van der Waals surface area contributed by atoms with Crippen molar-refractivity contribution in [3.8, 4) is 0 Å². The largest absolute Gasteiger partial charge is 0.468 e. The Morgan fingerprint density at radius 2 is 1.05 bits per heavy atom. The normalized spacial score (nSPS) is 22.5. The van der Waals surface area contributed by atoms with Gasteiger partial charge in [-0.2, -0.15) is 10.2 Å². The first-order valence-electron chi connectivity index (χ1n) is 28.6. The number of hydrogen-bond donors (Lipinski definition) is 1. The average molecular weight is 1100 g/mol. The van der Waals surface area contributed by atoms with Gasteiger partial charge in [-0.1, -0.05) is 105 Å². The van der Waals surface area contributed by atoms with E-state index in [0.29, 0.717) is 29.6 Å². The van der Waals surface area contributed by atoms with E-state index in [1.165, 1.54) is 53.6 Å². The number of aryl methyl sites for hydroxylation is 1. The van der Waals surface area contributed by atoms with Gasteiger partial charge in [-0.05, 0) is 154 Å². The van der Waals surface area contributed by atoms with E-state index < -0.39 is 17.2 Å². The first kappa shape index (κ1) is 64.3. The molecule has 2 N–H and O–H groups in total. The predicted octanol–water partition coefficient (Wildman–Crippen LogP) is 12.5. The molecule has 0 spiro atoms. The number of hydrogen-bond acceptors (Lipinski definition) is 12. The number of rotatable bonds is 18. The Kier molecular flexibility index (Phi) is 24.4. The van der Waals surface area contributed by atoms with Crippen LogP contribution in [0.4, 0.5) is 9.59 Å². The monoisotopic (exact) mass is 1100 g/mol. The number of esters is 2. The first-order chi connectivity index (χ1) is 37.7.